The molecule has 1 atom stereocenters. The molecule has 0 aliphatic rings. The molecule has 0 spiro atoms. The van der Waals surface area contributed by atoms with E-state index in [0.29, 0.717) is 0 Å². The zero-order valence-electron chi connectivity index (χ0n) is 10.7. The van der Waals surface area contributed by atoms with E-state index in [4.69, 9.17) is 5.73 Å². The Kier molecular flexibility index (Phi) is 3.90. The molecular formula is C13H15BrN4O. The van der Waals surface area contributed by atoms with Gasteiger partial charge in [0.15, 0.2) is 0 Å². The predicted octanol–water partition coefficient (Wildman–Crippen LogP) is 2.43. The molecule has 0 saturated heterocycles. The van der Waals surface area contributed by atoms with Gasteiger partial charge in [-0.15, -0.1) is 0 Å². The van der Waals surface area contributed by atoms with Gasteiger partial charge in [0.25, 0.3) is 0 Å². The Labute approximate surface area is 119 Å². The van der Waals surface area contributed by atoms with Crippen LogP contribution in [0.3, 0.4) is 0 Å². The molecule has 19 heavy (non-hydrogen) atoms. The third-order valence-electron chi connectivity index (χ3n) is 2.89. The van der Waals surface area contributed by atoms with Crippen LogP contribution in [-0.2, 0) is 4.79 Å². The monoisotopic (exact) mass is 322 g/mol. The van der Waals surface area contributed by atoms with Crippen LogP contribution in [0.2, 0.25) is 0 Å². The van der Waals surface area contributed by atoms with E-state index < -0.39 is 11.9 Å². The van der Waals surface area contributed by atoms with E-state index in [0.717, 1.165) is 27.1 Å². The molecule has 2 aromatic rings. The molecule has 0 fully saturated rings. The van der Waals surface area contributed by atoms with Gasteiger partial charge in [-0.3, -0.25) is 9.89 Å². The van der Waals surface area contributed by atoms with Crippen molar-refractivity contribution >= 4 is 27.5 Å². The lowest BCUT2D eigenvalue weighted by Gasteiger charge is -2.17. The Morgan fingerprint density at radius 2 is 2.21 bits per heavy atom. The number of nitrogens with two attached hydrogens (primary N) is 1. The molecule has 0 saturated carbocycles. The topological polar surface area (TPSA) is 83.8 Å². The average Bonchev–Trinajstić information content (AvgIpc) is 2.66. The number of anilines is 1. The van der Waals surface area contributed by atoms with Crippen molar-refractivity contribution in [1.29, 1.82) is 0 Å². The Balaban J connectivity index is 2.35. The number of carbonyl (C=O) groups excluding carboxylic acids is 1. The van der Waals surface area contributed by atoms with Gasteiger partial charge >= 0.3 is 0 Å². The normalized spacial score (nSPS) is 12.2. The molecule has 100 valence electrons. The van der Waals surface area contributed by atoms with Gasteiger partial charge in [-0.2, -0.15) is 5.10 Å². The first kappa shape index (κ1) is 13.6. The smallest absolute Gasteiger partial charge is 0.244 e. The fourth-order valence-electron chi connectivity index (χ4n) is 2.02. The number of carbonyl (C=O) groups is 1. The first-order valence-electron chi connectivity index (χ1n) is 5.82. The van der Waals surface area contributed by atoms with Crippen LogP contribution in [0, 0.1) is 13.8 Å². The Hall–Kier alpha value is -1.82. The summed E-state index contributed by atoms with van der Waals surface area (Å²) in [5, 5.41) is 10.1. The minimum Gasteiger partial charge on any atom is -0.370 e. The van der Waals surface area contributed by atoms with Crippen LogP contribution in [0.5, 0.6) is 0 Å². The molecule has 4 N–H and O–H groups in total. The van der Waals surface area contributed by atoms with Gasteiger partial charge in [0.2, 0.25) is 5.91 Å². The quantitative estimate of drug-likeness (QED) is 0.808. The van der Waals surface area contributed by atoms with Gasteiger partial charge in [0, 0.05) is 21.4 Å². The highest BCUT2D eigenvalue weighted by Gasteiger charge is 2.23. The van der Waals surface area contributed by atoms with Crippen molar-refractivity contribution in [2.75, 3.05) is 5.32 Å². The lowest BCUT2D eigenvalue weighted by Crippen LogP contribution is -2.28. The number of amides is 1. The van der Waals surface area contributed by atoms with Gasteiger partial charge in [-0.25, -0.2) is 0 Å². The molecule has 5 nitrogen and oxygen atoms in total. The van der Waals surface area contributed by atoms with Crippen LogP contribution in [0.4, 0.5) is 5.69 Å². The molecule has 1 unspecified atom stereocenters. The van der Waals surface area contributed by atoms with Crippen LogP contribution in [0.25, 0.3) is 0 Å². The third-order valence-corrected chi connectivity index (χ3v) is 3.39. The number of nitrogens with zero attached hydrogens (tertiary/aromatic N) is 1. The first-order valence-corrected chi connectivity index (χ1v) is 6.61. The number of H-pyrrole nitrogens is 1. The van der Waals surface area contributed by atoms with Crippen molar-refractivity contribution in [2.24, 2.45) is 5.73 Å². The third kappa shape index (κ3) is 2.96. The lowest BCUT2D eigenvalue weighted by atomic mass is 10.0. The molecule has 1 heterocycles. The number of rotatable bonds is 4. The summed E-state index contributed by atoms with van der Waals surface area (Å²) in [5.41, 5.74) is 8.72. The number of aromatic nitrogens is 2. The van der Waals surface area contributed by atoms with Crippen molar-refractivity contribution in [2.45, 2.75) is 19.9 Å². The van der Waals surface area contributed by atoms with E-state index in [1.807, 2.05) is 38.1 Å². The SMILES string of the molecule is Cc1n[nH]c(C)c1C(Nc1cccc(Br)c1)C(N)=O. The summed E-state index contributed by atoms with van der Waals surface area (Å²) < 4.78 is 0.932. The molecule has 1 aromatic heterocycles. The number of hydrogen-bond donors (Lipinski definition) is 3. The number of aryl methyl sites for hydroxylation is 2. The average molecular weight is 323 g/mol. The van der Waals surface area contributed by atoms with Crippen molar-refractivity contribution in [3.8, 4) is 0 Å². The van der Waals surface area contributed by atoms with Crippen molar-refractivity contribution < 1.29 is 4.79 Å². The Morgan fingerprint density at radius 1 is 1.47 bits per heavy atom. The molecule has 0 aliphatic heterocycles. The molecule has 6 heteroatoms. The van der Waals surface area contributed by atoms with Crippen LogP contribution < -0.4 is 11.1 Å². The highest BCUT2D eigenvalue weighted by atomic mass is 79.9. The highest BCUT2D eigenvalue weighted by Crippen LogP contribution is 2.25. The summed E-state index contributed by atoms with van der Waals surface area (Å²) in [6.45, 7) is 3.71. The van der Waals surface area contributed by atoms with Crippen molar-refractivity contribution in [3.63, 3.8) is 0 Å². The fraction of sp³-hybridized carbons (Fsp3) is 0.231. The maximum absolute atomic E-state index is 11.7. The van der Waals surface area contributed by atoms with Gasteiger partial charge in [-0.05, 0) is 32.0 Å². The standard InChI is InChI=1S/C13H15BrN4O/c1-7-11(8(2)18-17-7)12(13(15)19)16-10-5-3-4-9(14)6-10/h3-6,12,16H,1-2H3,(H2,15,19)(H,17,18). The summed E-state index contributed by atoms with van der Waals surface area (Å²) in [7, 11) is 0. The Bertz CT molecular complexity index is 589. The fourth-order valence-corrected chi connectivity index (χ4v) is 2.41. The van der Waals surface area contributed by atoms with Crippen LogP contribution in [0.1, 0.15) is 23.0 Å². The molecule has 0 bridgehead atoms. The maximum atomic E-state index is 11.7. The second kappa shape index (κ2) is 5.44. The van der Waals surface area contributed by atoms with Crippen molar-refractivity contribution in [1.82, 2.24) is 10.2 Å². The van der Waals surface area contributed by atoms with Crippen LogP contribution >= 0.6 is 15.9 Å². The van der Waals surface area contributed by atoms with E-state index >= 15 is 0 Å². The number of nitrogens with one attached hydrogen (secondary N) is 2. The number of hydrogen-bond acceptors (Lipinski definition) is 3. The van der Waals surface area contributed by atoms with Crippen molar-refractivity contribution in [3.05, 3.63) is 45.7 Å². The zero-order chi connectivity index (χ0) is 14.0. The largest absolute Gasteiger partial charge is 0.370 e. The van der Waals surface area contributed by atoms with E-state index in [1.54, 1.807) is 0 Å². The minimum absolute atomic E-state index is 0.437. The molecule has 1 aromatic carbocycles. The molecule has 1 amide bonds. The predicted molar refractivity (Wildman–Crippen MR) is 77.8 cm³/mol. The van der Waals surface area contributed by atoms with E-state index in [1.165, 1.54) is 0 Å². The van der Waals surface area contributed by atoms with Gasteiger partial charge in [0.1, 0.15) is 6.04 Å². The highest BCUT2D eigenvalue weighted by molar-refractivity contribution is 9.10. The van der Waals surface area contributed by atoms with Gasteiger partial charge < -0.3 is 11.1 Å². The summed E-state index contributed by atoms with van der Waals surface area (Å²) in [6, 6.07) is 6.97. The molecule has 2 rings (SSSR count). The van der Waals surface area contributed by atoms with Gasteiger partial charge in [-0.1, -0.05) is 22.0 Å². The second-order valence-corrected chi connectivity index (χ2v) is 5.25. The summed E-state index contributed by atoms with van der Waals surface area (Å²) in [4.78, 5) is 11.7. The summed E-state index contributed by atoms with van der Waals surface area (Å²) in [6.07, 6.45) is 0. The first-order chi connectivity index (χ1) is 8.99. The van der Waals surface area contributed by atoms with Gasteiger partial charge in [0.05, 0.1) is 5.69 Å². The van der Waals surface area contributed by atoms with E-state index in [2.05, 4.69) is 31.4 Å². The number of halogens is 1. The second-order valence-electron chi connectivity index (χ2n) is 4.34. The number of primary amides is 1. The molecular weight excluding hydrogens is 308 g/mol. The van der Waals surface area contributed by atoms with Crippen LogP contribution in [-0.4, -0.2) is 16.1 Å². The Morgan fingerprint density at radius 3 is 2.74 bits per heavy atom. The van der Waals surface area contributed by atoms with Crippen LogP contribution in [0.15, 0.2) is 28.7 Å². The number of benzene rings is 1. The molecule has 0 radical (unpaired) electrons. The zero-order valence-corrected chi connectivity index (χ0v) is 12.3. The van der Waals surface area contributed by atoms with E-state index in [9.17, 15) is 4.79 Å². The van der Waals surface area contributed by atoms with E-state index in [-0.39, 0.29) is 0 Å². The molecule has 0 aliphatic carbocycles. The number of aromatic amines is 1. The lowest BCUT2D eigenvalue weighted by molar-refractivity contribution is -0.118. The minimum atomic E-state index is -0.604. The maximum Gasteiger partial charge on any atom is 0.244 e. The summed E-state index contributed by atoms with van der Waals surface area (Å²) in [5.74, 6) is -0.437. The summed E-state index contributed by atoms with van der Waals surface area (Å²) >= 11 is 3.39.